The number of hydrogen-bond donors (Lipinski definition) is 0. The summed E-state index contributed by atoms with van der Waals surface area (Å²) < 4.78 is 31.9. The number of hydrogen-bond acceptors (Lipinski definition) is 4. The summed E-state index contributed by atoms with van der Waals surface area (Å²) in [6, 6.07) is 12.9. The smallest absolute Gasteiger partial charge is 0.146 e. The summed E-state index contributed by atoms with van der Waals surface area (Å²) in [5.74, 6) is 2.52. The fourth-order valence-corrected chi connectivity index (χ4v) is 9.12. The zero-order chi connectivity index (χ0) is 31.7. The number of imidazole rings is 1. The van der Waals surface area contributed by atoms with Gasteiger partial charge in [0.25, 0.3) is 0 Å². The summed E-state index contributed by atoms with van der Waals surface area (Å²) in [6.07, 6.45) is 8.67. The fourth-order valence-electron chi connectivity index (χ4n) is 9.12. The Morgan fingerprint density at radius 1 is 1.00 bits per heavy atom. The molecule has 1 aromatic heterocycles. The molecule has 3 aromatic rings. The van der Waals surface area contributed by atoms with Gasteiger partial charge in [0.05, 0.1) is 11.4 Å². The van der Waals surface area contributed by atoms with Crippen molar-refractivity contribution >= 4 is 11.5 Å². The van der Waals surface area contributed by atoms with Crippen LogP contribution in [-0.2, 0) is 16.8 Å². The number of ketones is 1. The van der Waals surface area contributed by atoms with Crippen molar-refractivity contribution in [2.45, 2.75) is 84.6 Å². The second kappa shape index (κ2) is 13.4. The predicted octanol–water partition coefficient (Wildman–Crippen LogP) is 7.66. The quantitative estimate of drug-likeness (QED) is 0.222. The van der Waals surface area contributed by atoms with Crippen molar-refractivity contribution in [3.05, 3.63) is 82.9 Å². The lowest BCUT2D eigenvalue weighted by Crippen LogP contribution is -2.55. The van der Waals surface area contributed by atoms with Crippen LogP contribution in [-0.4, -0.2) is 53.0 Å². The molecule has 0 amide bonds. The van der Waals surface area contributed by atoms with Crippen molar-refractivity contribution < 1.29 is 13.6 Å². The van der Waals surface area contributed by atoms with Crippen LogP contribution < -0.4 is 4.90 Å². The van der Waals surface area contributed by atoms with Gasteiger partial charge in [0.15, 0.2) is 0 Å². The Kier molecular flexibility index (Phi) is 9.47. The Bertz CT molecular complexity index is 1490. The molecule has 0 spiro atoms. The third kappa shape index (κ3) is 6.61. The van der Waals surface area contributed by atoms with Gasteiger partial charge < -0.3 is 14.4 Å². The summed E-state index contributed by atoms with van der Waals surface area (Å²) in [5.41, 5.74) is 3.46. The monoisotopic (exact) mass is 616 g/mol. The number of halogens is 2. The Labute approximate surface area is 268 Å². The fraction of sp³-hybridized carbons (Fsp3) is 0.579. The van der Waals surface area contributed by atoms with E-state index < -0.39 is 0 Å². The van der Waals surface area contributed by atoms with Crippen molar-refractivity contribution in [2.24, 2.45) is 23.7 Å². The first-order valence-corrected chi connectivity index (χ1v) is 17.2. The summed E-state index contributed by atoms with van der Waals surface area (Å²) in [6.45, 7) is 13.6. The first-order valence-electron chi connectivity index (χ1n) is 17.2. The van der Waals surface area contributed by atoms with Crippen LogP contribution in [0.1, 0.15) is 74.5 Å². The number of aromatic nitrogens is 2. The van der Waals surface area contributed by atoms with Crippen LogP contribution in [0.2, 0.25) is 0 Å². The number of piperidine rings is 1. The van der Waals surface area contributed by atoms with Gasteiger partial charge in [-0.15, -0.1) is 0 Å². The highest BCUT2D eigenvalue weighted by atomic mass is 19.1. The van der Waals surface area contributed by atoms with Crippen LogP contribution in [0.3, 0.4) is 0 Å². The van der Waals surface area contributed by atoms with Gasteiger partial charge in [-0.25, -0.2) is 13.8 Å². The zero-order valence-corrected chi connectivity index (χ0v) is 27.6. The number of carbonyl (C=O) groups is 1. The second-order valence-corrected chi connectivity index (χ2v) is 14.3. The summed E-state index contributed by atoms with van der Waals surface area (Å²) in [4.78, 5) is 22.4. The molecule has 242 valence electrons. The average molecular weight is 617 g/mol. The van der Waals surface area contributed by atoms with Gasteiger partial charge in [0.1, 0.15) is 23.2 Å². The standard InChI is InChI=1S/C38H50F2N4O/c1-5-34(45)19-30-8-6-11-35(30)38(32-9-7-10-33(39)20-32,25-44-21-27(3)41-28(44)4)31-14-16-42(17-15-31)22-29-23-43(24-29)37-13-12-26(2)18-36(37)40/h7,9-10,12-13,18,20-21,29-31,35H,5-6,8,11,14-17,19,22-25H2,1-4H3/t30-,35+,38+/m1/s1. The molecule has 0 N–H and O–H groups in total. The van der Waals surface area contributed by atoms with Crippen LogP contribution >= 0.6 is 0 Å². The lowest BCUT2D eigenvalue weighted by molar-refractivity contribution is -0.120. The van der Waals surface area contributed by atoms with Gasteiger partial charge in [0.2, 0.25) is 0 Å². The zero-order valence-electron chi connectivity index (χ0n) is 27.6. The molecular formula is C38H50F2N4O. The number of nitrogens with zero attached hydrogens (tertiary/aromatic N) is 4. The molecule has 7 heteroatoms. The number of carbonyl (C=O) groups excluding carboxylic acids is 1. The summed E-state index contributed by atoms with van der Waals surface area (Å²) >= 11 is 0. The largest absolute Gasteiger partial charge is 0.368 e. The number of benzene rings is 2. The highest BCUT2D eigenvalue weighted by Crippen LogP contribution is 2.54. The van der Waals surface area contributed by atoms with E-state index in [0.29, 0.717) is 48.0 Å². The molecule has 2 aromatic carbocycles. The van der Waals surface area contributed by atoms with Gasteiger partial charge in [-0.1, -0.05) is 31.5 Å². The first kappa shape index (κ1) is 31.9. The number of likely N-dealkylation sites (tertiary alicyclic amines) is 1. The molecule has 1 aliphatic carbocycles. The van der Waals surface area contributed by atoms with Gasteiger partial charge in [-0.05, 0) is 113 Å². The molecule has 0 unspecified atom stereocenters. The SMILES string of the molecule is CCC(=O)C[C@H]1CCC[C@@H]1[C@](Cn1cc(C)nc1C)(c1cccc(F)c1)C1CCN(CC2CN(c3ccc(C)cc3F)C2)CC1. The van der Waals surface area contributed by atoms with Crippen molar-refractivity contribution in [2.75, 3.05) is 37.6 Å². The van der Waals surface area contributed by atoms with E-state index in [9.17, 15) is 9.18 Å². The molecule has 3 aliphatic rings. The molecule has 0 radical (unpaired) electrons. The lowest BCUT2D eigenvalue weighted by Gasteiger charge is -2.51. The maximum absolute atomic E-state index is 15.1. The van der Waals surface area contributed by atoms with Crippen LogP contribution in [0.15, 0.2) is 48.7 Å². The molecule has 5 nitrogen and oxygen atoms in total. The maximum atomic E-state index is 15.1. The predicted molar refractivity (Wildman–Crippen MR) is 177 cm³/mol. The minimum absolute atomic E-state index is 0.128. The summed E-state index contributed by atoms with van der Waals surface area (Å²) in [5, 5.41) is 0. The van der Waals surface area contributed by atoms with Gasteiger partial charge >= 0.3 is 0 Å². The minimum Gasteiger partial charge on any atom is -0.368 e. The Balaban J connectivity index is 1.25. The van der Waals surface area contributed by atoms with Crippen LogP contribution in [0.4, 0.5) is 14.5 Å². The maximum Gasteiger partial charge on any atom is 0.146 e. The van der Waals surface area contributed by atoms with Gasteiger partial charge in [-0.3, -0.25) is 4.79 Å². The topological polar surface area (TPSA) is 41.4 Å². The van der Waals surface area contributed by atoms with Crippen molar-refractivity contribution in [3.63, 3.8) is 0 Å². The van der Waals surface area contributed by atoms with Gasteiger partial charge in [0, 0.05) is 56.6 Å². The molecule has 45 heavy (non-hydrogen) atoms. The Morgan fingerprint density at radius 2 is 1.78 bits per heavy atom. The van der Waals surface area contributed by atoms with E-state index in [-0.39, 0.29) is 17.0 Å². The van der Waals surface area contributed by atoms with Crippen LogP contribution in [0, 0.1) is 56.1 Å². The second-order valence-electron chi connectivity index (χ2n) is 14.3. The van der Waals surface area contributed by atoms with Crippen LogP contribution in [0.25, 0.3) is 0 Å². The van der Waals surface area contributed by atoms with Gasteiger partial charge in [-0.2, -0.15) is 0 Å². The number of rotatable bonds is 11. The molecule has 3 heterocycles. The molecule has 2 saturated heterocycles. The van der Waals surface area contributed by atoms with E-state index in [1.807, 2.05) is 39.0 Å². The number of anilines is 1. The highest BCUT2D eigenvalue weighted by molar-refractivity contribution is 5.78. The molecule has 0 bridgehead atoms. The highest BCUT2D eigenvalue weighted by Gasteiger charge is 2.52. The molecule has 2 aliphatic heterocycles. The Hall–Kier alpha value is -3.06. The van der Waals surface area contributed by atoms with E-state index in [1.54, 1.807) is 18.2 Å². The van der Waals surface area contributed by atoms with Crippen molar-refractivity contribution in [1.29, 1.82) is 0 Å². The van der Waals surface area contributed by atoms with E-state index in [2.05, 4.69) is 33.6 Å². The third-order valence-corrected chi connectivity index (χ3v) is 11.3. The molecule has 1 saturated carbocycles. The molecule has 6 rings (SSSR count). The van der Waals surface area contributed by atoms with E-state index in [1.165, 1.54) is 0 Å². The normalized spacial score (nSPS) is 22.8. The minimum atomic E-state index is -0.294. The third-order valence-electron chi connectivity index (χ3n) is 11.3. The van der Waals surface area contributed by atoms with E-state index in [4.69, 9.17) is 4.98 Å². The Morgan fingerprint density at radius 3 is 2.44 bits per heavy atom. The molecular weight excluding hydrogens is 566 g/mol. The molecule has 3 atom stereocenters. The first-order chi connectivity index (χ1) is 21.7. The van der Waals surface area contributed by atoms with E-state index in [0.717, 1.165) is 94.0 Å². The number of aryl methyl sites for hydroxylation is 3. The van der Waals surface area contributed by atoms with Crippen molar-refractivity contribution in [1.82, 2.24) is 14.5 Å². The number of Topliss-reactive ketones (excluding diaryl/α,β-unsaturated/α-hetero) is 1. The average Bonchev–Trinajstić information content (AvgIpc) is 3.59. The van der Waals surface area contributed by atoms with Crippen LogP contribution in [0.5, 0.6) is 0 Å². The molecule has 3 fully saturated rings. The lowest BCUT2D eigenvalue weighted by atomic mass is 9.56. The van der Waals surface area contributed by atoms with E-state index >= 15 is 4.39 Å². The van der Waals surface area contributed by atoms with Crippen molar-refractivity contribution in [3.8, 4) is 0 Å². The summed E-state index contributed by atoms with van der Waals surface area (Å²) in [7, 11) is 0.